The van der Waals surface area contributed by atoms with Gasteiger partial charge in [-0.2, -0.15) is 0 Å². The average Bonchev–Trinajstić information content (AvgIpc) is 1.83. The SMILES string of the molecule is CC(C)C1(C(C)C)CC(CO)C1. The summed E-state index contributed by atoms with van der Waals surface area (Å²) in [5.41, 5.74) is 0.535. The minimum atomic E-state index is 0.390. The lowest BCUT2D eigenvalue weighted by Crippen LogP contribution is -2.46. The molecule has 0 spiro atoms. The van der Waals surface area contributed by atoms with E-state index in [0.717, 1.165) is 11.8 Å². The number of aliphatic hydroxyl groups excluding tert-OH is 1. The van der Waals surface area contributed by atoms with Gasteiger partial charge in [-0.05, 0) is 36.0 Å². The molecule has 0 saturated heterocycles. The Labute approximate surface area is 76.2 Å². The molecule has 0 amide bonds. The van der Waals surface area contributed by atoms with Crippen molar-refractivity contribution in [2.75, 3.05) is 6.61 Å². The number of hydrogen-bond donors (Lipinski definition) is 1. The van der Waals surface area contributed by atoms with Crippen molar-refractivity contribution in [3.05, 3.63) is 0 Å². The highest BCUT2D eigenvalue weighted by Gasteiger charge is 2.47. The third-order valence-corrected chi connectivity index (χ3v) is 3.90. The molecular formula is C11H22O. The van der Waals surface area contributed by atoms with E-state index in [0.29, 0.717) is 17.9 Å². The molecule has 1 fully saturated rings. The Hall–Kier alpha value is -0.0400. The van der Waals surface area contributed by atoms with Gasteiger partial charge < -0.3 is 5.11 Å². The minimum absolute atomic E-state index is 0.390. The van der Waals surface area contributed by atoms with Crippen LogP contribution in [0.5, 0.6) is 0 Å². The van der Waals surface area contributed by atoms with Gasteiger partial charge >= 0.3 is 0 Å². The molecule has 0 atom stereocenters. The fourth-order valence-corrected chi connectivity index (χ4v) is 2.75. The van der Waals surface area contributed by atoms with Crippen LogP contribution < -0.4 is 0 Å². The van der Waals surface area contributed by atoms with E-state index < -0.39 is 0 Å². The second kappa shape index (κ2) is 3.37. The Bertz CT molecular complexity index is 133. The molecule has 0 unspecified atom stereocenters. The Morgan fingerprint density at radius 2 is 1.58 bits per heavy atom. The third-order valence-electron chi connectivity index (χ3n) is 3.90. The van der Waals surface area contributed by atoms with Gasteiger partial charge in [0.1, 0.15) is 0 Å². The van der Waals surface area contributed by atoms with Gasteiger partial charge in [-0.3, -0.25) is 0 Å². The Kier molecular flexibility index (Phi) is 2.82. The highest BCUT2D eigenvalue weighted by Crippen LogP contribution is 2.55. The van der Waals surface area contributed by atoms with Gasteiger partial charge in [0.2, 0.25) is 0 Å². The predicted molar refractivity (Wildman–Crippen MR) is 51.9 cm³/mol. The molecular weight excluding hydrogens is 148 g/mol. The zero-order valence-corrected chi connectivity index (χ0v) is 8.80. The summed E-state index contributed by atoms with van der Waals surface area (Å²) >= 11 is 0. The van der Waals surface area contributed by atoms with Crippen molar-refractivity contribution >= 4 is 0 Å². The van der Waals surface area contributed by atoms with Crippen LogP contribution in [0.2, 0.25) is 0 Å². The molecule has 0 aromatic rings. The summed E-state index contributed by atoms with van der Waals surface area (Å²) in [4.78, 5) is 0. The average molecular weight is 170 g/mol. The maximum atomic E-state index is 8.98. The summed E-state index contributed by atoms with van der Waals surface area (Å²) in [6, 6.07) is 0. The van der Waals surface area contributed by atoms with Crippen molar-refractivity contribution < 1.29 is 5.11 Å². The molecule has 0 bridgehead atoms. The van der Waals surface area contributed by atoms with Crippen LogP contribution in [0, 0.1) is 23.2 Å². The normalized spacial score (nSPS) is 23.2. The largest absolute Gasteiger partial charge is 0.396 e. The lowest BCUT2D eigenvalue weighted by Gasteiger charge is -2.53. The first-order valence-corrected chi connectivity index (χ1v) is 5.13. The van der Waals surface area contributed by atoms with E-state index >= 15 is 0 Å². The first-order chi connectivity index (χ1) is 5.53. The van der Waals surface area contributed by atoms with Gasteiger partial charge in [0.05, 0.1) is 0 Å². The molecule has 1 nitrogen and oxygen atoms in total. The molecule has 0 aromatic heterocycles. The van der Waals surface area contributed by atoms with Gasteiger partial charge in [0.25, 0.3) is 0 Å². The molecule has 0 radical (unpaired) electrons. The van der Waals surface area contributed by atoms with Gasteiger partial charge in [0.15, 0.2) is 0 Å². The van der Waals surface area contributed by atoms with E-state index in [1.165, 1.54) is 12.8 Å². The smallest absolute Gasteiger partial charge is 0.0459 e. The Morgan fingerprint density at radius 3 is 1.83 bits per heavy atom. The van der Waals surface area contributed by atoms with Crippen LogP contribution in [0.25, 0.3) is 0 Å². The van der Waals surface area contributed by atoms with Gasteiger partial charge in [-0.1, -0.05) is 27.7 Å². The van der Waals surface area contributed by atoms with Crippen LogP contribution >= 0.6 is 0 Å². The fraction of sp³-hybridized carbons (Fsp3) is 1.00. The molecule has 0 aromatic carbocycles. The topological polar surface area (TPSA) is 20.2 Å². The molecule has 0 heterocycles. The van der Waals surface area contributed by atoms with E-state index in [1.807, 2.05) is 0 Å². The number of aliphatic hydroxyl groups is 1. The molecule has 1 rings (SSSR count). The Morgan fingerprint density at radius 1 is 1.17 bits per heavy atom. The number of rotatable bonds is 3. The summed E-state index contributed by atoms with van der Waals surface area (Å²) in [6.45, 7) is 9.64. The van der Waals surface area contributed by atoms with Crippen molar-refractivity contribution in [2.24, 2.45) is 23.2 Å². The molecule has 1 aliphatic carbocycles. The van der Waals surface area contributed by atoms with Crippen molar-refractivity contribution in [2.45, 2.75) is 40.5 Å². The summed E-state index contributed by atoms with van der Waals surface area (Å²) in [7, 11) is 0. The molecule has 72 valence electrons. The molecule has 1 aliphatic rings. The minimum Gasteiger partial charge on any atom is -0.396 e. The van der Waals surface area contributed by atoms with Crippen LogP contribution in [0.15, 0.2) is 0 Å². The first kappa shape index (κ1) is 10.0. The zero-order chi connectivity index (χ0) is 9.35. The summed E-state index contributed by atoms with van der Waals surface area (Å²) in [6.07, 6.45) is 2.47. The maximum absolute atomic E-state index is 8.98. The second-order valence-corrected chi connectivity index (χ2v) is 5.00. The molecule has 0 aliphatic heterocycles. The molecule has 1 heteroatoms. The number of hydrogen-bond acceptors (Lipinski definition) is 1. The highest BCUT2D eigenvalue weighted by molar-refractivity contribution is 4.97. The lowest BCUT2D eigenvalue weighted by molar-refractivity contribution is -0.0585. The molecule has 1 N–H and O–H groups in total. The Balaban J connectivity index is 2.56. The van der Waals surface area contributed by atoms with Gasteiger partial charge in [-0.25, -0.2) is 0 Å². The van der Waals surface area contributed by atoms with Gasteiger partial charge in [0, 0.05) is 6.61 Å². The quantitative estimate of drug-likeness (QED) is 0.690. The summed E-state index contributed by atoms with van der Waals surface area (Å²) < 4.78 is 0. The first-order valence-electron chi connectivity index (χ1n) is 5.13. The predicted octanol–water partition coefficient (Wildman–Crippen LogP) is 2.69. The van der Waals surface area contributed by atoms with Crippen LogP contribution in [-0.2, 0) is 0 Å². The van der Waals surface area contributed by atoms with Crippen molar-refractivity contribution in [1.82, 2.24) is 0 Å². The highest BCUT2D eigenvalue weighted by atomic mass is 16.3. The monoisotopic (exact) mass is 170 g/mol. The van der Waals surface area contributed by atoms with E-state index in [4.69, 9.17) is 5.11 Å². The summed E-state index contributed by atoms with van der Waals surface area (Å²) in [5, 5.41) is 8.98. The lowest BCUT2D eigenvalue weighted by atomic mass is 9.52. The third kappa shape index (κ3) is 1.39. The van der Waals surface area contributed by atoms with Crippen LogP contribution in [-0.4, -0.2) is 11.7 Å². The van der Waals surface area contributed by atoms with Crippen molar-refractivity contribution in [3.8, 4) is 0 Å². The van der Waals surface area contributed by atoms with Crippen LogP contribution in [0.4, 0.5) is 0 Å². The van der Waals surface area contributed by atoms with Crippen LogP contribution in [0.1, 0.15) is 40.5 Å². The van der Waals surface area contributed by atoms with E-state index in [9.17, 15) is 0 Å². The fourth-order valence-electron chi connectivity index (χ4n) is 2.75. The standard InChI is InChI=1S/C11H22O/c1-8(2)11(9(3)4)5-10(6-11)7-12/h8-10,12H,5-7H2,1-4H3. The van der Waals surface area contributed by atoms with E-state index in [1.54, 1.807) is 0 Å². The van der Waals surface area contributed by atoms with Crippen LogP contribution in [0.3, 0.4) is 0 Å². The maximum Gasteiger partial charge on any atom is 0.0459 e. The molecule has 1 saturated carbocycles. The van der Waals surface area contributed by atoms with Crippen molar-refractivity contribution in [1.29, 1.82) is 0 Å². The summed E-state index contributed by atoms with van der Waals surface area (Å²) in [5.74, 6) is 2.12. The second-order valence-electron chi connectivity index (χ2n) is 5.00. The van der Waals surface area contributed by atoms with Gasteiger partial charge in [-0.15, -0.1) is 0 Å². The zero-order valence-electron chi connectivity index (χ0n) is 8.80. The molecule has 12 heavy (non-hydrogen) atoms. The van der Waals surface area contributed by atoms with E-state index in [-0.39, 0.29) is 0 Å². The van der Waals surface area contributed by atoms with Crippen molar-refractivity contribution in [3.63, 3.8) is 0 Å². The van der Waals surface area contributed by atoms with E-state index in [2.05, 4.69) is 27.7 Å².